The van der Waals surface area contributed by atoms with Crippen LogP contribution in [0, 0.1) is 29.6 Å². The van der Waals surface area contributed by atoms with Crippen molar-refractivity contribution in [3.05, 3.63) is 51.9 Å². The van der Waals surface area contributed by atoms with Gasteiger partial charge in [0, 0.05) is 18.7 Å². The maximum atomic E-state index is 13.7. The zero-order valence-electron chi connectivity index (χ0n) is 19.2. The first-order chi connectivity index (χ1) is 16.9. The Hall–Kier alpha value is -3.65. The number of piperidine rings is 1. The number of nitrogens with one attached hydrogen (secondary N) is 1. The number of pyridine rings is 1. The summed E-state index contributed by atoms with van der Waals surface area (Å²) >= 11 is 5.85. The second-order valence-electron chi connectivity index (χ2n) is 9.37. The first-order valence-electron chi connectivity index (χ1n) is 11.1. The van der Waals surface area contributed by atoms with Gasteiger partial charge in [-0.1, -0.05) is 17.7 Å². The van der Waals surface area contributed by atoms with E-state index in [2.05, 4.69) is 20.3 Å². The molecule has 1 aliphatic carbocycles. The summed E-state index contributed by atoms with van der Waals surface area (Å²) in [4.78, 5) is 26.1. The van der Waals surface area contributed by atoms with Crippen molar-refractivity contribution in [2.45, 2.75) is 32.5 Å². The van der Waals surface area contributed by atoms with Gasteiger partial charge in [0.25, 0.3) is 0 Å². The highest BCUT2D eigenvalue weighted by atomic mass is 35.5. The van der Waals surface area contributed by atoms with Gasteiger partial charge >= 0.3 is 12.1 Å². The first-order valence-corrected chi connectivity index (χ1v) is 11.5. The van der Waals surface area contributed by atoms with E-state index in [9.17, 15) is 28.3 Å². The number of rotatable bonds is 5. The number of aryl methyl sites for hydroxylation is 1. The predicted molar refractivity (Wildman–Crippen MR) is 126 cm³/mol. The van der Waals surface area contributed by atoms with Gasteiger partial charge in [0.1, 0.15) is 11.2 Å². The topological polar surface area (TPSA) is 115 Å². The molecular weight excluding hydrogens is 497 g/mol. The minimum atomic E-state index is -4.32. The number of carboxylic acid groups (broad SMARTS) is 1. The molecule has 1 aromatic carbocycles. The summed E-state index contributed by atoms with van der Waals surface area (Å²) in [6, 6.07) is 8.04. The Morgan fingerprint density at radius 1 is 1.33 bits per heavy atom. The number of anilines is 2. The lowest BCUT2D eigenvalue weighted by Gasteiger charge is -2.25. The molecule has 2 N–H and O–H groups in total. The van der Waals surface area contributed by atoms with Crippen molar-refractivity contribution >= 4 is 40.1 Å². The molecule has 8 nitrogen and oxygen atoms in total. The van der Waals surface area contributed by atoms with Gasteiger partial charge in [-0.2, -0.15) is 18.4 Å². The lowest BCUT2D eigenvalue weighted by Crippen LogP contribution is -2.34. The van der Waals surface area contributed by atoms with Gasteiger partial charge in [0.05, 0.1) is 28.2 Å². The number of aromatic carboxylic acids is 1. The summed E-state index contributed by atoms with van der Waals surface area (Å²) in [6.45, 7) is 3.52. The molecular formula is C24H20ClF3N6O2. The summed E-state index contributed by atoms with van der Waals surface area (Å²) in [5.41, 5.74) is 0.495. The third-order valence-corrected chi connectivity index (χ3v) is 7.15. The summed E-state index contributed by atoms with van der Waals surface area (Å²) < 4.78 is 41.0. The van der Waals surface area contributed by atoms with Crippen LogP contribution in [0.4, 0.5) is 24.7 Å². The van der Waals surface area contributed by atoms with Crippen molar-refractivity contribution in [2.24, 2.45) is 11.3 Å². The Morgan fingerprint density at radius 3 is 2.72 bits per heavy atom. The maximum Gasteiger partial charge on any atom is 0.396 e. The van der Waals surface area contributed by atoms with E-state index < -0.39 is 29.5 Å². The Bertz CT molecular complexity index is 1460. The lowest BCUT2D eigenvalue weighted by molar-refractivity contribution is -0.184. The molecule has 186 valence electrons. The standard InChI is InChI=1S/C24H20ClF3N6O2/c1-11-5-14(12(2)30-15-3-4-18(25)32-20(15)22(35)36)19-16(6-11)31-17(8-29)21(33-19)34-9-13-7-23(13,10-34)24(26,27)28/h3-6,12-13,30H,7,9-10H2,1-2H3,(H,35,36)/t12-,13?,23-/m1/s1. The van der Waals surface area contributed by atoms with Crippen LogP contribution in [-0.4, -0.2) is 45.3 Å². The highest BCUT2D eigenvalue weighted by Crippen LogP contribution is 2.66. The number of hydrogen-bond donors (Lipinski definition) is 2. The van der Waals surface area contributed by atoms with Crippen molar-refractivity contribution < 1.29 is 23.1 Å². The molecule has 0 amide bonds. The molecule has 36 heavy (non-hydrogen) atoms. The second-order valence-corrected chi connectivity index (χ2v) is 9.75. The number of benzene rings is 1. The molecule has 1 aliphatic heterocycles. The van der Waals surface area contributed by atoms with Crippen molar-refractivity contribution in [3.63, 3.8) is 0 Å². The fourth-order valence-corrected chi connectivity index (χ4v) is 5.21. The van der Waals surface area contributed by atoms with E-state index in [1.807, 2.05) is 19.1 Å². The van der Waals surface area contributed by atoms with E-state index in [1.54, 1.807) is 13.0 Å². The fourth-order valence-electron chi connectivity index (χ4n) is 5.06. The number of alkyl halides is 3. The molecule has 2 fully saturated rings. The molecule has 5 rings (SSSR count). The Labute approximate surface area is 208 Å². The maximum absolute atomic E-state index is 13.7. The zero-order chi connectivity index (χ0) is 26.0. The highest BCUT2D eigenvalue weighted by Gasteiger charge is 2.74. The van der Waals surface area contributed by atoms with E-state index in [4.69, 9.17) is 11.6 Å². The Kier molecular flexibility index (Phi) is 5.48. The molecule has 0 spiro atoms. The van der Waals surface area contributed by atoms with Gasteiger partial charge < -0.3 is 15.3 Å². The molecule has 1 unspecified atom stereocenters. The minimum Gasteiger partial charge on any atom is -0.476 e. The van der Waals surface area contributed by atoms with Crippen LogP contribution >= 0.6 is 11.6 Å². The van der Waals surface area contributed by atoms with E-state index >= 15 is 0 Å². The van der Waals surface area contributed by atoms with Crippen LogP contribution in [0.2, 0.25) is 5.15 Å². The van der Waals surface area contributed by atoms with Crippen LogP contribution in [0.25, 0.3) is 11.0 Å². The summed E-state index contributed by atoms with van der Waals surface area (Å²) in [7, 11) is 0. The highest BCUT2D eigenvalue weighted by molar-refractivity contribution is 6.29. The number of hydrogen-bond acceptors (Lipinski definition) is 7. The molecule has 1 saturated heterocycles. The van der Waals surface area contributed by atoms with Gasteiger partial charge in [-0.25, -0.2) is 19.7 Å². The van der Waals surface area contributed by atoms with Crippen LogP contribution in [0.5, 0.6) is 0 Å². The summed E-state index contributed by atoms with van der Waals surface area (Å²) in [5, 5.41) is 22.4. The summed E-state index contributed by atoms with van der Waals surface area (Å²) in [6.07, 6.45) is -4.24. The number of nitrogens with zero attached hydrogens (tertiary/aromatic N) is 5. The third kappa shape index (κ3) is 3.86. The molecule has 3 atom stereocenters. The number of carboxylic acids is 1. The monoisotopic (exact) mass is 516 g/mol. The second kappa shape index (κ2) is 8.20. The van der Waals surface area contributed by atoms with Crippen molar-refractivity contribution in [3.8, 4) is 6.07 Å². The van der Waals surface area contributed by atoms with Gasteiger partial charge in [-0.15, -0.1) is 0 Å². The first kappa shape index (κ1) is 24.1. The Balaban J connectivity index is 1.56. The van der Waals surface area contributed by atoms with Gasteiger partial charge in [0.15, 0.2) is 17.2 Å². The molecule has 2 aromatic heterocycles. The fraction of sp³-hybridized carbons (Fsp3) is 0.375. The van der Waals surface area contributed by atoms with E-state index in [0.29, 0.717) is 16.6 Å². The van der Waals surface area contributed by atoms with Crippen LogP contribution < -0.4 is 10.2 Å². The molecule has 0 bridgehead atoms. The molecule has 2 aliphatic rings. The number of carbonyl (C=O) groups is 1. The van der Waals surface area contributed by atoms with E-state index in [-0.39, 0.29) is 47.6 Å². The average molecular weight is 517 g/mol. The zero-order valence-corrected chi connectivity index (χ0v) is 19.9. The predicted octanol–water partition coefficient (Wildman–Crippen LogP) is 5.12. The lowest BCUT2D eigenvalue weighted by atomic mass is 10.0. The number of aromatic nitrogens is 3. The van der Waals surface area contributed by atoms with Crippen LogP contribution in [0.3, 0.4) is 0 Å². The average Bonchev–Trinajstić information content (AvgIpc) is 3.39. The third-order valence-electron chi connectivity index (χ3n) is 6.94. The van der Waals surface area contributed by atoms with Gasteiger partial charge in [0.2, 0.25) is 0 Å². The number of halogens is 4. The summed E-state index contributed by atoms with van der Waals surface area (Å²) in [5.74, 6) is -1.66. The van der Waals surface area contributed by atoms with Gasteiger partial charge in [-0.3, -0.25) is 0 Å². The van der Waals surface area contributed by atoms with E-state index in [0.717, 1.165) is 5.56 Å². The van der Waals surface area contributed by atoms with Crippen LogP contribution in [0.1, 0.15) is 46.7 Å². The Morgan fingerprint density at radius 2 is 2.08 bits per heavy atom. The molecule has 3 aromatic rings. The minimum absolute atomic E-state index is 0.0337. The quantitative estimate of drug-likeness (QED) is 0.449. The van der Waals surface area contributed by atoms with Crippen molar-refractivity contribution in [1.82, 2.24) is 15.0 Å². The van der Waals surface area contributed by atoms with Crippen molar-refractivity contribution in [2.75, 3.05) is 23.3 Å². The molecule has 3 heterocycles. The molecule has 1 saturated carbocycles. The molecule has 12 heteroatoms. The SMILES string of the molecule is Cc1cc([C@@H](C)Nc2ccc(Cl)nc2C(=O)O)c2nc(N3CC4C[C@@]4(C(F)(F)F)C3)c(C#N)nc2c1. The van der Waals surface area contributed by atoms with E-state index in [1.165, 1.54) is 17.0 Å². The number of fused-ring (bicyclic) bond motifs is 2. The van der Waals surface area contributed by atoms with Gasteiger partial charge in [-0.05, 0) is 49.9 Å². The smallest absolute Gasteiger partial charge is 0.396 e. The normalized spacial score (nSPS) is 21.7. The van der Waals surface area contributed by atoms with Crippen molar-refractivity contribution in [1.29, 1.82) is 5.26 Å². The molecule has 0 radical (unpaired) electrons. The largest absolute Gasteiger partial charge is 0.476 e. The van der Waals surface area contributed by atoms with Crippen LogP contribution in [-0.2, 0) is 0 Å². The van der Waals surface area contributed by atoms with Crippen LogP contribution in [0.15, 0.2) is 24.3 Å². The number of nitriles is 1.